The molecule has 1 amide bonds. The molecule has 1 unspecified atom stereocenters. The lowest BCUT2D eigenvalue weighted by molar-refractivity contribution is -0.135. The maximum Gasteiger partial charge on any atom is 0.228 e. The van der Waals surface area contributed by atoms with Crippen LogP contribution in [0.4, 0.5) is 0 Å². The average Bonchev–Trinajstić information content (AvgIpc) is 2.59. The first-order valence-corrected chi connectivity index (χ1v) is 5.45. The van der Waals surface area contributed by atoms with Gasteiger partial charge in [-0.25, -0.2) is 0 Å². The second kappa shape index (κ2) is 6.30. The number of amides is 1. The number of carbonyl (C=O) groups excluding carboxylic acids is 1. The zero-order valence-electron chi connectivity index (χ0n) is 8.91. The summed E-state index contributed by atoms with van der Waals surface area (Å²) in [5, 5.41) is 3.30. The van der Waals surface area contributed by atoms with Crippen LogP contribution in [0.3, 0.4) is 0 Å². The summed E-state index contributed by atoms with van der Waals surface area (Å²) in [5.41, 5.74) is 0. The van der Waals surface area contributed by atoms with Gasteiger partial charge in [-0.3, -0.25) is 4.79 Å². The Morgan fingerprint density at radius 3 is 2.93 bits per heavy atom. The SMILES string of the molecule is Cl.O=C(C1CCOC1)N1CCCNCC1. The molecular weight excluding hydrogens is 216 g/mol. The van der Waals surface area contributed by atoms with Crippen LogP contribution in [0.2, 0.25) is 0 Å². The highest BCUT2D eigenvalue weighted by molar-refractivity contribution is 5.85. The van der Waals surface area contributed by atoms with Crippen LogP contribution in [0.15, 0.2) is 0 Å². The van der Waals surface area contributed by atoms with E-state index in [0.717, 1.165) is 45.6 Å². The van der Waals surface area contributed by atoms with Gasteiger partial charge in [-0.05, 0) is 19.4 Å². The van der Waals surface area contributed by atoms with Crippen molar-refractivity contribution < 1.29 is 9.53 Å². The van der Waals surface area contributed by atoms with Crippen LogP contribution in [0.1, 0.15) is 12.8 Å². The molecule has 4 nitrogen and oxygen atoms in total. The van der Waals surface area contributed by atoms with Gasteiger partial charge in [0.15, 0.2) is 0 Å². The number of hydrogen-bond acceptors (Lipinski definition) is 3. The Morgan fingerprint density at radius 1 is 1.33 bits per heavy atom. The molecule has 0 aromatic rings. The Kier molecular flexibility index (Phi) is 5.36. The fourth-order valence-corrected chi connectivity index (χ4v) is 2.05. The number of rotatable bonds is 1. The molecule has 2 heterocycles. The number of carbonyl (C=O) groups is 1. The molecule has 0 aromatic heterocycles. The first-order valence-electron chi connectivity index (χ1n) is 5.45. The van der Waals surface area contributed by atoms with Crippen molar-refractivity contribution in [2.24, 2.45) is 5.92 Å². The Hall–Kier alpha value is -0.320. The highest BCUT2D eigenvalue weighted by atomic mass is 35.5. The van der Waals surface area contributed by atoms with Crippen molar-refractivity contribution in [2.75, 3.05) is 39.4 Å². The first-order chi connectivity index (χ1) is 6.88. The predicted molar refractivity (Wildman–Crippen MR) is 60.2 cm³/mol. The van der Waals surface area contributed by atoms with E-state index in [9.17, 15) is 4.79 Å². The predicted octanol–water partition coefficient (Wildman–Crippen LogP) is 0.267. The number of nitrogens with zero attached hydrogens (tertiary/aromatic N) is 1. The van der Waals surface area contributed by atoms with E-state index in [1.54, 1.807) is 0 Å². The molecule has 88 valence electrons. The molecule has 2 aliphatic rings. The van der Waals surface area contributed by atoms with Crippen molar-refractivity contribution >= 4 is 18.3 Å². The van der Waals surface area contributed by atoms with E-state index in [1.165, 1.54) is 0 Å². The van der Waals surface area contributed by atoms with Gasteiger partial charge < -0.3 is 15.0 Å². The van der Waals surface area contributed by atoms with Gasteiger partial charge in [-0.2, -0.15) is 0 Å². The van der Waals surface area contributed by atoms with Crippen molar-refractivity contribution in [1.29, 1.82) is 0 Å². The quantitative estimate of drug-likeness (QED) is 0.708. The normalized spacial score (nSPS) is 26.9. The molecule has 0 radical (unpaired) electrons. The van der Waals surface area contributed by atoms with E-state index in [0.29, 0.717) is 12.5 Å². The summed E-state index contributed by atoms with van der Waals surface area (Å²) in [5.74, 6) is 0.430. The molecule has 2 saturated heterocycles. The van der Waals surface area contributed by atoms with Crippen LogP contribution >= 0.6 is 12.4 Å². The largest absolute Gasteiger partial charge is 0.381 e. The first kappa shape index (κ1) is 12.7. The van der Waals surface area contributed by atoms with Crippen LogP contribution in [-0.2, 0) is 9.53 Å². The Bertz CT molecular complexity index is 200. The second-order valence-corrected chi connectivity index (χ2v) is 3.99. The van der Waals surface area contributed by atoms with Gasteiger partial charge in [0.1, 0.15) is 0 Å². The van der Waals surface area contributed by atoms with E-state index < -0.39 is 0 Å². The van der Waals surface area contributed by atoms with Gasteiger partial charge in [0.25, 0.3) is 0 Å². The van der Waals surface area contributed by atoms with Gasteiger partial charge in [0.05, 0.1) is 12.5 Å². The molecule has 0 spiro atoms. The maximum absolute atomic E-state index is 12.0. The van der Waals surface area contributed by atoms with E-state index in [1.807, 2.05) is 4.90 Å². The van der Waals surface area contributed by atoms with Gasteiger partial charge >= 0.3 is 0 Å². The van der Waals surface area contributed by atoms with Crippen molar-refractivity contribution in [3.8, 4) is 0 Å². The fourth-order valence-electron chi connectivity index (χ4n) is 2.05. The number of nitrogens with one attached hydrogen (secondary N) is 1. The van der Waals surface area contributed by atoms with E-state index in [2.05, 4.69) is 5.32 Å². The molecule has 0 saturated carbocycles. The Morgan fingerprint density at radius 2 is 2.20 bits per heavy atom. The van der Waals surface area contributed by atoms with Gasteiger partial charge in [-0.1, -0.05) is 0 Å². The molecule has 0 aliphatic carbocycles. The summed E-state index contributed by atoms with van der Waals surface area (Å²) in [7, 11) is 0. The highest BCUT2D eigenvalue weighted by Crippen LogP contribution is 2.15. The zero-order valence-corrected chi connectivity index (χ0v) is 9.72. The fraction of sp³-hybridized carbons (Fsp3) is 0.900. The standard InChI is InChI=1S/C10H18N2O2.ClH/c13-10(9-2-7-14-8-9)12-5-1-3-11-4-6-12;/h9,11H,1-8H2;1H. The molecular formula is C10H19ClN2O2. The average molecular weight is 235 g/mol. The summed E-state index contributed by atoms with van der Waals surface area (Å²) in [6.45, 7) is 5.10. The summed E-state index contributed by atoms with van der Waals surface area (Å²) < 4.78 is 5.24. The lowest BCUT2D eigenvalue weighted by atomic mass is 10.1. The van der Waals surface area contributed by atoms with Crippen molar-refractivity contribution in [2.45, 2.75) is 12.8 Å². The van der Waals surface area contributed by atoms with E-state index >= 15 is 0 Å². The molecule has 0 bridgehead atoms. The summed E-state index contributed by atoms with van der Waals surface area (Å²) in [4.78, 5) is 14.0. The van der Waals surface area contributed by atoms with Crippen LogP contribution in [0.25, 0.3) is 0 Å². The van der Waals surface area contributed by atoms with Gasteiger partial charge in [0, 0.05) is 26.2 Å². The molecule has 1 N–H and O–H groups in total. The van der Waals surface area contributed by atoms with Crippen LogP contribution in [0.5, 0.6) is 0 Å². The summed E-state index contributed by atoms with van der Waals surface area (Å²) in [6, 6.07) is 0. The molecule has 2 rings (SSSR count). The third kappa shape index (κ3) is 3.33. The minimum Gasteiger partial charge on any atom is -0.381 e. The molecule has 15 heavy (non-hydrogen) atoms. The van der Waals surface area contributed by atoms with Crippen LogP contribution in [-0.4, -0.2) is 50.2 Å². The van der Waals surface area contributed by atoms with Gasteiger partial charge in [-0.15, -0.1) is 12.4 Å². The number of halogens is 1. The lowest BCUT2D eigenvalue weighted by Crippen LogP contribution is -2.38. The number of ether oxygens (including phenoxy) is 1. The van der Waals surface area contributed by atoms with E-state index in [4.69, 9.17) is 4.74 Å². The lowest BCUT2D eigenvalue weighted by Gasteiger charge is -2.22. The smallest absolute Gasteiger partial charge is 0.228 e. The molecule has 5 heteroatoms. The number of hydrogen-bond donors (Lipinski definition) is 1. The molecule has 1 atom stereocenters. The summed E-state index contributed by atoms with van der Waals surface area (Å²) >= 11 is 0. The maximum atomic E-state index is 12.0. The van der Waals surface area contributed by atoms with Crippen molar-refractivity contribution in [3.05, 3.63) is 0 Å². The molecule has 0 aromatic carbocycles. The van der Waals surface area contributed by atoms with Gasteiger partial charge in [0.2, 0.25) is 5.91 Å². The monoisotopic (exact) mass is 234 g/mol. The molecule has 2 aliphatic heterocycles. The van der Waals surface area contributed by atoms with E-state index in [-0.39, 0.29) is 18.3 Å². The summed E-state index contributed by atoms with van der Waals surface area (Å²) in [6.07, 6.45) is 1.97. The third-order valence-electron chi connectivity index (χ3n) is 2.93. The van der Waals surface area contributed by atoms with Crippen molar-refractivity contribution in [3.63, 3.8) is 0 Å². The minimum atomic E-state index is 0. The topological polar surface area (TPSA) is 41.6 Å². The third-order valence-corrected chi connectivity index (χ3v) is 2.93. The van der Waals surface area contributed by atoms with Crippen molar-refractivity contribution in [1.82, 2.24) is 10.2 Å². The minimum absolute atomic E-state index is 0. The molecule has 2 fully saturated rings. The Labute approximate surface area is 96.7 Å². The highest BCUT2D eigenvalue weighted by Gasteiger charge is 2.27. The Balaban J connectivity index is 0.00000112. The van der Waals surface area contributed by atoms with Crippen LogP contribution in [0, 0.1) is 5.92 Å². The second-order valence-electron chi connectivity index (χ2n) is 3.99. The van der Waals surface area contributed by atoms with Crippen LogP contribution < -0.4 is 5.32 Å². The zero-order chi connectivity index (χ0) is 9.80.